The third-order valence-corrected chi connectivity index (χ3v) is 4.90. The predicted octanol–water partition coefficient (Wildman–Crippen LogP) is 4.73. The summed E-state index contributed by atoms with van der Waals surface area (Å²) >= 11 is 3.54. The minimum Gasteiger partial charge on any atom is -0.496 e. The van der Waals surface area contributed by atoms with E-state index in [1.165, 1.54) is 30.0 Å². The number of ether oxygens (including phenoxy) is 1. The zero-order valence-corrected chi connectivity index (χ0v) is 13.4. The third-order valence-electron chi connectivity index (χ3n) is 4.40. The maximum atomic E-state index is 6.69. The Morgan fingerprint density at radius 1 is 1.05 bits per heavy atom. The van der Waals surface area contributed by atoms with E-state index in [2.05, 4.69) is 46.3 Å². The van der Waals surface area contributed by atoms with E-state index in [1.54, 1.807) is 7.11 Å². The smallest absolute Gasteiger partial charge is 0.124 e. The number of hydrogen-bond donors (Lipinski definition) is 1. The van der Waals surface area contributed by atoms with Crippen molar-refractivity contribution in [2.24, 2.45) is 5.73 Å². The fourth-order valence-corrected chi connectivity index (χ4v) is 3.64. The lowest BCUT2D eigenvalue weighted by Gasteiger charge is -2.35. The average Bonchev–Trinajstić information content (AvgIpc) is 2.46. The molecule has 0 amide bonds. The summed E-state index contributed by atoms with van der Waals surface area (Å²) in [4.78, 5) is 0. The molecule has 0 aliphatic heterocycles. The number of methoxy groups -OCH3 is 1. The van der Waals surface area contributed by atoms with Gasteiger partial charge in [0.25, 0.3) is 0 Å². The maximum absolute atomic E-state index is 6.69. The Hall–Kier alpha value is -1.06. The molecule has 20 heavy (non-hydrogen) atoms. The summed E-state index contributed by atoms with van der Waals surface area (Å²) in [6.45, 7) is 0. The highest BCUT2D eigenvalue weighted by atomic mass is 79.9. The fourth-order valence-electron chi connectivity index (χ4n) is 3.26. The molecule has 1 fully saturated rings. The number of nitrogens with two attached hydrogens (primary N) is 1. The quantitative estimate of drug-likeness (QED) is 0.862. The molecule has 1 saturated carbocycles. The van der Waals surface area contributed by atoms with Gasteiger partial charge in [-0.05, 0) is 47.9 Å². The second-order valence-corrected chi connectivity index (χ2v) is 6.68. The van der Waals surface area contributed by atoms with Crippen LogP contribution in [0.2, 0.25) is 0 Å². The number of hydrogen-bond acceptors (Lipinski definition) is 2. The van der Waals surface area contributed by atoms with Crippen molar-refractivity contribution < 1.29 is 4.74 Å². The first-order valence-electron chi connectivity index (χ1n) is 7.19. The van der Waals surface area contributed by atoms with Gasteiger partial charge < -0.3 is 10.5 Å². The molecule has 2 nitrogen and oxygen atoms in total. The van der Waals surface area contributed by atoms with E-state index in [0.29, 0.717) is 0 Å². The Morgan fingerprint density at radius 2 is 1.80 bits per heavy atom. The number of rotatable bonds is 2. The molecule has 3 rings (SSSR count). The van der Waals surface area contributed by atoms with Crippen LogP contribution in [0.5, 0.6) is 5.75 Å². The Morgan fingerprint density at radius 3 is 2.50 bits per heavy atom. The summed E-state index contributed by atoms with van der Waals surface area (Å²) in [6.07, 6.45) is 5.79. The molecule has 106 valence electrons. The molecule has 0 radical (unpaired) electrons. The molecule has 2 aromatic rings. The van der Waals surface area contributed by atoms with Crippen LogP contribution in [-0.4, -0.2) is 7.11 Å². The molecule has 0 aromatic heterocycles. The van der Waals surface area contributed by atoms with Crippen molar-refractivity contribution in [1.82, 2.24) is 0 Å². The molecule has 1 aliphatic rings. The molecule has 0 spiro atoms. The predicted molar refractivity (Wildman–Crippen MR) is 87.2 cm³/mol. The highest BCUT2D eigenvalue weighted by molar-refractivity contribution is 9.10. The zero-order valence-electron chi connectivity index (χ0n) is 11.8. The molecule has 0 bridgehead atoms. The molecule has 0 saturated heterocycles. The number of halogens is 1. The van der Waals surface area contributed by atoms with Crippen LogP contribution in [0.4, 0.5) is 0 Å². The maximum Gasteiger partial charge on any atom is 0.124 e. The summed E-state index contributed by atoms with van der Waals surface area (Å²) < 4.78 is 6.70. The summed E-state index contributed by atoms with van der Waals surface area (Å²) in [7, 11) is 1.73. The largest absolute Gasteiger partial charge is 0.496 e. The van der Waals surface area contributed by atoms with Gasteiger partial charge in [-0.1, -0.05) is 41.3 Å². The van der Waals surface area contributed by atoms with Crippen LogP contribution >= 0.6 is 15.9 Å². The Labute approximate surface area is 128 Å². The SMILES string of the molecule is COc1cc2ccc(Br)cc2cc1C1(N)CCCCC1. The van der Waals surface area contributed by atoms with Crippen molar-refractivity contribution in [2.75, 3.05) is 7.11 Å². The van der Waals surface area contributed by atoms with Crippen molar-refractivity contribution in [3.8, 4) is 5.75 Å². The number of fused-ring (bicyclic) bond motifs is 1. The monoisotopic (exact) mass is 333 g/mol. The van der Waals surface area contributed by atoms with Crippen LogP contribution in [-0.2, 0) is 5.54 Å². The van der Waals surface area contributed by atoms with Gasteiger partial charge in [0, 0.05) is 15.6 Å². The van der Waals surface area contributed by atoms with Crippen molar-refractivity contribution in [2.45, 2.75) is 37.6 Å². The van der Waals surface area contributed by atoms with E-state index in [9.17, 15) is 0 Å². The van der Waals surface area contributed by atoms with Gasteiger partial charge in [0.15, 0.2) is 0 Å². The normalized spacial score (nSPS) is 18.1. The van der Waals surface area contributed by atoms with Crippen molar-refractivity contribution in [3.05, 3.63) is 40.4 Å². The van der Waals surface area contributed by atoms with Crippen molar-refractivity contribution in [3.63, 3.8) is 0 Å². The first-order valence-corrected chi connectivity index (χ1v) is 7.98. The van der Waals surface area contributed by atoms with E-state index in [0.717, 1.165) is 28.6 Å². The second kappa shape index (κ2) is 5.38. The van der Waals surface area contributed by atoms with Gasteiger partial charge in [0.1, 0.15) is 5.75 Å². The van der Waals surface area contributed by atoms with Crippen LogP contribution < -0.4 is 10.5 Å². The van der Waals surface area contributed by atoms with Gasteiger partial charge in [0.05, 0.1) is 7.11 Å². The second-order valence-electron chi connectivity index (χ2n) is 5.76. The highest BCUT2D eigenvalue weighted by Gasteiger charge is 2.32. The van der Waals surface area contributed by atoms with E-state index in [4.69, 9.17) is 10.5 Å². The topological polar surface area (TPSA) is 35.2 Å². The lowest BCUT2D eigenvalue weighted by atomic mass is 9.76. The third kappa shape index (κ3) is 2.45. The summed E-state index contributed by atoms with van der Waals surface area (Å²) in [5.74, 6) is 0.921. The molecule has 0 heterocycles. The Balaban J connectivity index is 2.17. The van der Waals surface area contributed by atoms with Crippen LogP contribution in [0.15, 0.2) is 34.8 Å². The first kappa shape index (κ1) is 13.9. The lowest BCUT2D eigenvalue weighted by molar-refractivity contribution is 0.289. The Kier molecular flexibility index (Phi) is 3.74. The molecule has 3 heteroatoms. The van der Waals surface area contributed by atoms with Crippen LogP contribution in [0.1, 0.15) is 37.7 Å². The highest BCUT2D eigenvalue weighted by Crippen LogP contribution is 2.41. The molecule has 2 N–H and O–H groups in total. The van der Waals surface area contributed by atoms with Crippen LogP contribution in [0.25, 0.3) is 10.8 Å². The van der Waals surface area contributed by atoms with Crippen molar-refractivity contribution >= 4 is 26.7 Å². The van der Waals surface area contributed by atoms with Gasteiger partial charge in [-0.25, -0.2) is 0 Å². The molecule has 0 unspecified atom stereocenters. The van der Waals surface area contributed by atoms with E-state index in [1.807, 2.05) is 0 Å². The lowest BCUT2D eigenvalue weighted by Crippen LogP contribution is -2.38. The summed E-state index contributed by atoms with van der Waals surface area (Å²) in [6, 6.07) is 10.6. The summed E-state index contributed by atoms with van der Waals surface area (Å²) in [5.41, 5.74) is 7.62. The average molecular weight is 334 g/mol. The van der Waals surface area contributed by atoms with E-state index >= 15 is 0 Å². The van der Waals surface area contributed by atoms with Crippen LogP contribution in [0.3, 0.4) is 0 Å². The van der Waals surface area contributed by atoms with E-state index < -0.39 is 0 Å². The van der Waals surface area contributed by atoms with Gasteiger partial charge in [-0.3, -0.25) is 0 Å². The van der Waals surface area contributed by atoms with Gasteiger partial charge in [-0.15, -0.1) is 0 Å². The Bertz CT molecular complexity index is 632. The fraction of sp³-hybridized carbons (Fsp3) is 0.412. The molecule has 2 aromatic carbocycles. The van der Waals surface area contributed by atoms with Crippen molar-refractivity contribution in [1.29, 1.82) is 0 Å². The van der Waals surface area contributed by atoms with Gasteiger partial charge >= 0.3 is 0 Å². The zero-order chi connectivity index (χ0) is 14.2. The molecule has 1 aliphatic carbocycles. The minimum atomic E-state index is -0.236. The van der Waals surface area contributed by atoms with Gasteiger partial charge in [0.2, 0.25) is 0 Å². The first-order chi connectivity index (χ1) is 9.62. The minimum absolute atomic E-state index is 0.236. The van der Waals surface area contributed by atoms with E-state index in [-0.39, 0.29) is 5.54 Å². The van der Waals surface area contributed by atoms with Crippen LogP contribution in [0, 0.1) is 0 Å². The molecular formula is C17H20BrNO. The van der Waals surface area contributed by atoms with Gasteiger partial charge in [-0.2, -0.15) is 0 Å². The number of benzene rings is 2. The standard InChI is InChI=1S/C17H20BrNO/c1-20-16-11-12-5-6-14(18)9-13(12)10-15(16)17(19)7-3-2-4-8-17/h5-6,9-11H,2-4,7-8,19H2,1H3. The molecular weight excluding hydrogens is 314 g/mol. The molecule has 0 atom stereocenters. The summed E-state index contributed by atoms with van der Waals surface area (Å²) in [5, 5.41) is 2.40.